The molecule has 114 valence electrons. The highest BCUT2D eigenvalue weighted by Gasteiger charge is 2.41. The molecule has 1 N–H and O–H groups in total. The molecule has 0 spiro atoms. The molecule has 3 nitrogen and oxygen atoms in total. The second kappa shape index (κ2) is 6.11. The van der Waals surface area contributed by atoms with E-state index in [1.165, 1.54) is 12.8 Å². The van der Waals surface area contributed by atoms with Crippen LogP contribution in [0.25, 0.3) is 0 Å². The minimum atomic E-state index is -0.0371. The van der Waals surface area contributed by atoms with Crippen molar-refractivity contribution in [2.45, 2.75) is 78.0 Å². The molecule has 0 aliphatic carbocycles. The van der Waals surface area contributed by atoms with Gasteiger partial charge in [0.2, 0.25) is 0 Å². The van der Waals surface area contributed by atoms with E-state index in [-0.39, 0.29) is 11.1 Å². The molecule has 0 atom stereocenters. The van der Waals surface area contributed by atoms with Crippen molar-refractivity contribution in [2.75, 3.05) is 26.2 Å². The van der Waals surface area contributed by atoms with Crippen LogP contribution in [0.3, 0.4) is 0 Å². The highest BCUT2D eigenvalue weighted by molar-refractivity contribution is 5.01. The zero-order valence-corrected chi connectivity index (χ0v) is 14.1. The molecular formula is C16H34N2O. The fraction of sp³-hybridized carbons (Fsp3) is 1.00. The third-order valence-electron chi connectivity index (χ3n) is 4.37. The molecule has 0 aromatic rings. The SMILES string of the molecule is CCC1(CC)CNC(C)(C)CN1CCOC(C)(C)C. The van der Waals surface area contributed by atoms with Crippen LogP contribution in [0.1, 0.15) is 61.3 Å². The van der Waals surface area contributed by atoms with E-state index >= 15 is 0 Å². The maximum Gasteiger partial charge on any atom is 0.0600 e. The first-order valence-electron chi connectivity index (χ1n) is 7.78. The van der Waals surface area contributed by atoms with Gasteiger partial charge >= 0.3 is 0 Å². The lowest BCUT2D eigenvalue weighted by Crippen LogP contribution is -2.68. The van der Waals surface area contributed by atoms with Crippen LogP contribution in [0.4, 0.5) is 0 Å². The molecule has 0 bridgehead atoms. The molecule has 0 radical (unpaired) electrons. The number of hydrogen-bond acceptors (Lipinski definition) is 3. The maximum atomic E-state index is 5.92. The van der Waals surface area contributed by atoms with Crippen LogP contribution >= 0.6 is 0 Å². The summed E-state index contributed by atoms with van der Waals surface area (Å²) in [6.45, 7) is 19.6. The normalized spacial score (nSPS) is 23.5. The van der Waals surface area contributed by atoms with E-state index < -0.39 is 0 Å². The Bertz CT molecular complexity index is 277. The standard InChI is InChI=1S/C16H34N2O/c1-8-16(9-2)12-17-15(6,7)13-18(16)10-11-19-14(3,4)5/h17H,8-13H2,1-7H3. The summed E-state index contributed by atoms with van der Waals surface area (Å²) in [5.41, 5.74) is 0.469. The Labute approximate surface area is 120 Å². The number of piperazine rings is 1. The zero-order chi connectivity index (χ0) is 14.7. The zero-order valence-electron chi connectivity index (χ0n) is 14.1. The topological polar surface area (TPSA) is 24.5 Å². The molecule has 0 saturated carbocycles. The Morgan fingerprint density at radius 3 is 2.21 bits per heavy atom. The lowest BCUT2D eigenvalue weighted by Gasteiger charge is -2.52. The monoisotopic (exact) mass is 270 g/mol. The Morgan fingerprint density at radius 2 is 1.74 bits per heavy atom. The Kier molecular flexibility index (Phi) is 5.44. The third kappa shape index (κ3) is 4.73. The van der Waals surface area contributed by atoms with Gasteiger partial charge in [-0.1, -0.05) is 13.8 Å². The first-order chi connectivity index (χ1) is 8.64. The van der Waals surface area contributed by atoms with E-state index in [0.717, 1.165) is 26.2 Å². The Balaban J connectivity index is 2.67. The average Bonchev–Trinajstić information content (AvgIpc) is 2.28. The summed E-state index contributed by atoms with van der Waals surface area (Å²) in [6.07, 6.45) is 2.39. The quantitative estimate of drug-likeness (QED) is 0.831. The number of ether oxygens (including phenoxy) is 1. The van der Waals surface area contributed by atoms with Crippen LogP contribution in [-0.4, -0.2) is 47.8 Å². The summed E-state index contributed by atoms with van der Waals surface area (Å²) < 4.78 is 5.92. The van der Waals surface area contributed by atoms with Gasteiger partial charge in [0, 0.05) is 30.7 Å². The molecule has 0 aromatic heterocycles. The van der Waals surface area contributed by atoms with Crippen LogP contribution < -0.4 is 5.32 Å². The van der Waals surface area contributed by atoms with Gasteiger partial charge in [-0.2, -0.15) is 0 Å². The van der Waals surface area contributed by atoms with Gasteiger partial charge in [0.05, 0.1) is 12.2 Å². The van der Waals surface area contributed by atoms with E-state index in [1.807, 2.05) is 0 Å². The number of nitrogens with one attached hydrogen (secondary N) is 1. The minimum absolute atomic E-state index is 0.0371. The largest absolute Gasteiger partial charge is 0.375 e. The third-order valence-corrected chi connectivity index (χ3v) is 4.37. The van der Waals surface area contributed by atoms with E-state index in [9.17, 15) is 0 Å². The van der Waals surface area contributed by atoms with Crippen LogP contribution in [0, 0.1) is 0 Å². The second-order valence-corrected chi connectivity index (χ2v) is 7.55. The van der Waals surface area contributed by atoms with Crippen molar-refractivity contribution in [3.63, 3.8) is 0 Å². The van der Waals surface area contributed by atoms with Crippen LogP contribution in [0.15, 0.2) is 0 Å². The molecule has 0 unspecified atom stereocenters. The first-order valence-corrected chi connectivity index (χ1v) is 7.78. The van der Waals surface area contributed by atoms with Gasteiger partial charge in [0.1, 0.15) is 0 Å². The van der Waals surface area contributed by atoms with Crippen molar-refractivity contribution in [3.8, 4) is 0 Å². The van der Waals surface area contributed by atoms with E-state index in [2.05, 4.69) is 58.7 Å². The van der Waals surface area contributed by atoms with Gasteiger partial charge in [0.15, 0.2) is 0 Å². The van der Waals surface area contributed by atoms with Gasteiger partial charge in [-0.3, -0.25) is 4.90 Å². The summed E-state index contributed by atoms with van der Waals surface area (Å²) in [4.78, 5) is 2.65. The van der Waals surface area contributed by atoms with Crippen molar-refractivity contribution < 1.29 is 4.74 Å². The lowest BCUT2D eigenvalue weighted by atomic mass is 9.84. The smallest absolute Gasteiger partial charge is 0.0600 e. The molecule has 0 amide bonds. The Morgan fingerprint density at radius 1 is 1.16 bits per heavy atom. The van der Waals surface area contributed by atoms with Crippen LogP contribution in [0.5, 0.6) is 0 Å². The fourth-order valence-electron chi connectivity index (χ4n) is 2.94. The molecular weight excluding hydrogens is 236 g/mol. The summed E-state index contributed by atoms with van der Waals surface area (Å²) in [5.74, 6) is 0. The number of nitrogens with zero attached hydrogens (tertiary/aromatic N) is 1. The molecule has 19 heavy (non-hydrogen) atoms. The number of rotatable bonds is 5. The van der Waals surface area contributed by atoms with E-state index in [4.69, 9.17) is 4.74 Å². The van der Waals surface area contributed by atoms with Crippen molar-refractivity contribution in [1.29, 1.82) is 0 Å². The second-order valence-electron chi connectivity index (χ2n) is 7.55. The maximum absolute atomic E-state index is 5.92. The summed E-state index contributed by atoms with van der Waals surface area (Å²) in [6, 6.07) is 0. The van der Waals surface area contributed by atoms with Gasteiger partial charge < -0.3 is 10.1 Å². The fourth-order valence-corrected chi connectivity index (χ4v) is 2.94. The average molecular weight is 270 g/mol. The summed E-state index contributed by atoms with van der Waals surface area (Å²) in [5, 5.41) is 3.71. The first kappa shape index (κ1) is 16.9. The highest BCUT2D eigenvalue weighted by atomic mass is 16.5. The lowest BCUT2D eigenvalue weighted by molar-refractivity contribution is -0.0492. The molecule has 0 aromatic carbocycles. The van der Waals surface area contributed by atoms with Crippen molar-refractivity contribution >= 4 is 0 Å². The molecule has 3 heteroatoms. The Hall–Kier alpha value is -0.120. The summed E-state index contributed by atoms with van der Waals surface area (Å²) in [7, 11) is 0. The minimum Gasteiger partial charge on any atom is -0.375 e. The molecule has 1 rings (SSSR count). The predicted octanol–water partition coefficient (Wildman–Crippen LogP) is 3.04. The van der Waals surface area contributed by atoms with Gasteiger partial charge in [-0.15, -0.1) is 0 Å². The van der Waals surface area contributed by atoms with Crippen LogP contribution in [0.2, 0.25) is 0 Å². The molecule has 1 fully saturated rings. The molecule has 1 aliphatic rings. The summed E-state index contributed by atoms with van der Waals surface area (Å²) >= 11 is 0. The van der Waals surface area contributed by atoms with Gasteiger partial charge in [0.25, 0.3) is 0 Å². The molecule has 1 heterocycles. The van der Waals surface area contributed by atoms with Crippen molar-refractivity contribution in [1.82, 2.24) is 10.2 Å². The van der Waals surface area contributed by atoms with Gasteiger partial charge in [-0.05, 0) is 47.5 Å². The highest BCUT2D eigenvalue weighted by Crippen LogP contribution is 2.29. The van der Waals surface area contributed by atoms with E-state index in [0.29, 0.717) is 5.54 Å². The molecule has 1 saturated heterocycles. The van der Waals surface area contributed by atoms with Crippen LogP contribution in [-0.2, 0) is 4.74 Å². The van der Waals surface area contributed by atoms with Gasteiger partial charge in [-0.25, -0.2) is 0 Å². The van der Waals surface area contributed by atoms with Crippen molar-refractivity contribution in [2.24, 2.45) is 0 Å². The predicted molar refractivity (Wildman–Crippen MR) is 82.7 cm³/mol. The van der Waals surface area contributed by atoms with E-state index in [1.54, 1.807) is 0 Å². The number of hydrogen-bond donors (Lipinski definition) is 1. The van der Waals surface area contributed by atoms with Crippen molar-refractivity contribution in [3.05, 3.63) is 0 Å². The molecule has 1 aliphatic heterocycles.